The van der Waals surface area contributed by atoms with Gasteiger partial charge in [0.1, 0.15) is 5.75 Å². The van der Waals surface area contributed by atoms with Gasteiger partial charge in [-0.05, 0) is 82.7 Å². The molecule has 0 unspecified atom stereocenters. The summed E-state index contributed by atoms with van der Waals surface area (Å²) in [6, 6.07) is 20.8. The van der Waals surface area contributed by atoms with Gasteiger partial charge in [-0.25, -0.2) is 4.79 Å². The zero-order valence-corrected chi connectivity index (χ0v) is 20.6. The van der Waals surface area contributed by atoms with Gasteiger partial charge in [0, 0.05) is 5.56 Å². The smallest absolute Gasteiger partial charge is 0.338 e. The van der Waals surface area contributed by atoms with Crippen molar-refractivity contribution in [1.29, 1.82) is 0 Å². The van der Waals surface area contributed by atoms with E-state index < -0.39 is 0 Å². The van der Waals surface area contributed by atoms with E-state index in [-0.39, 0.29) is 16.8 Å². The number of hydrogen-bond donors (Lipinski definition) is 0. The van der Waals surface area contributed by atoms with Crippen molar-refractivity contribution in [2.75, 3.05) is 13.7 Å². The lowest BCUT2D eigenvalue weighted by atomic mass is 9.63. The Morgan fingerprint density at radius 3 is 2.00 bits per heavy atom. The van der Waals surface area contributed by atoms with Gasteiger partial charge in [-0.2, -0.15) is 0 Å². The number of methoxy groups -OCH3 is 1. The first-order valence-electron chi connectivity index (χ1n) is 11.8. The van der Waals surface area contributed by atoms with Crippen LogP contribution >= 0.6 is 0 Å². The molecule has 0 bridgehead atoms. The first-order valence-corrected chi connectivity index (χ1v) is 11.8. The highest BCUT2D eigenvalue weighted by molar-refractivity contribution is 5.90. The van der Waals surface area contributed by atoms with Gasteiger partial charge in [0.15, 0.2) is 0 Å². The van der Waals surface area contributed by atoms with Crippen LogP contribution in [0.15, 0.2) is 60.7 Å². The van der Waals surface area contributed by atoms with Crippen LogP contribution in [-0.4, -0.2) is 19.7 Å². The summed E-state index contributed by atoms with van der Waals surface area (Å²) in [7, 11) is 1.69. The molecule has 0 radical (unpaired) electrons. The Balaban J connectivity index is 1.76. The van der Waals surface area contributed by atoms with Crippen molar-refractivity contribution >= 4 is 5.97 Å². The van der Waals surface area contributed by atoms with Gasteiger partial charge < -0.3 is 9.47 Å². The molecule has 0 amide bonds. The third-order valence-electron chi connectivity index (χ3n) is 7.09. The average Bonchev–Trinajstić information content (AvgIpc) is 2.82. The van der Waals surface area contributed by atoms with Crippen molar-refractivity contribution in [1.82, 2.24) is 0 Å². The molecule has 3 aromatic rings. The van der Waals surface area contributed by atoms with E-state index in [9.17, 15) is 4.79 Å². The molecule has 0 fully saturated rings. The Bertz CT molecular complexity index is 1170. The van der Waals surface area contributed by atoms with E-state index in [1.165, 1.54) is 29.5 Å². The van der Waals surface area contributed by atoms with E-state index in [2.05, 4.69) is 58.0 Å². The molecule has 0 atom stereocenters. The van der Waals surface area contributed by atoms with Crippen LogP contribution in [0.2, 0.25) is 0 Å². The molecule has 0 spiro atoms. The highest BCUT2D eigenvalue weighted by Crippen LogP contribution is 2.47. The van der Waals surface area contributed by atoms with E-state index in [0.29, 0.717) is 12.2 Å². The molecule has 3 aromatic carbocycles. The van der Waals surface area contributed by atoms with Crippen LogP contribution in [0.3, 0.4) is 0 Å². The highest BCUT2D eigenvalue weighted by atomic mass is 16.5. The zero-order valence-electron chi connectivity index (χ0n) is 20.6. The van der Waals surface area contributed by atoms with E-state index in [1.54, 1.807) is 7.11 Å². The summed E-state index contributed by atoms with van der Waals surface area (Å²) in [6.45, 7) is 11.6. The molecular formula is C30H34O3. The number of carbonyl (C=O) groups excluding carboxylic acids is 1. The number of esters is 1. The van der Waals surface area contributed by atoms with Crippen LogP contribution in [0, 0.1) is 0 Å². The number of carbonyl (C=O) groups is 1. The Kier molecular flexibility index (Phi) is 6.09. The Labute approximate surface area is 197 Å². The predicted molar refractivity (Wildman–Crippen MR) is 135 cm³/mol. The van der Waals surface area contributed by atoms with Gasteiger partial charge in [0.05, 0.1) is 19.3 Å². The maximum atomic E-state index is 12.0. The number of fused-ring (bicyclic) bond motifs is 1. The second-order valence-corrected chi connectivity index (χ2v) is 10.2. The summed E-state index contributed by atoms with van der Waals surface area (Å²) in [5.74, 6) is 0.506. The number of rotatable bonds is 5. The summed E-state index contributed by atoms with van der Waals surface area (Å²) < 4.78 is 10.8. The lowest BCUT2D eigenvalue weighted by Gasteiger charge is -2.42. The molecular weight excluding hydrogens is 408 g/mol. The molecule has 0 aromatic heterocycles. The van der Waals surface area contributed by atoms with Gasteiger partial charge >= 0.3 is 5.97 Å². The van der Waals surface area contributed by atoms with Crippen LogP contribution in [-0.2, 0) is 15.6 Å². The molecule has 0 saturated carbocycles. The molecule has 0 N–H and O–H groups in total. The molecule has 3 heteroatoms. The SMILES string of the molecule is CCOC(=O)c1ccc(-c2cc(-c3ccc4c(c3)C(C)(C)CCC4(C)C)ccc2OC)cc1. The van der Waals surface area contributed by atoms with Crippen LogP contribution in [0.1, 0.15) is 68.9 Å². The van der Waals surface area contributed by atoms with Crippen LogP contribution in [0.5, 0.6) is 5.75 Å². The fourth-order valence-corrected chi connectivity index (χ4v) is 4.88. The zero-order chi connectivity index (χ0) is 23.8. The summed E-state index contributed by atoms with van der Waals surface area (Å²) in [5, 5.41) is 0. The standard InChI is InChI=1S/C30H34O3/c1-7-33-28(31)21-10-8-20(9-11-21)24-18-22(13-15-27(24)32-6)23-12-14-25-26(19-23)30(4,5)17-16-29(25,2)3/h8-15,18-19H,7,16-17H2,1-6H3. The molecule has 0 aliphatic heterocycles. The number of hydrogen-bond acceptors (Lipinski definition) is 3. The molecule has 4 rings (SSSR count). The quantitative estimate of drug-likeness (QED) is 0.383. The molecule has 1 aliphatic rings. The van der Waals surface area contributed by atoms with Crippen molar-refractivity contribution in [3.8, 4) is 28.0 Å². The normalized spacial score (nSPS) is 16.1. The molecule has 3 nitrogen and oxygen atoms in total. The first kappa shape index (κ1) is 23.1. The lowest BCUT2D eigenvalue weighted by molar-refractivity contribution is 0.0526. The van der Waals surface area contributed by atoms with E-state index >= 15 is 0 Å². The predicted octanol–water partition coefficient (Wildman–Crippen LogP) is 7.55. The van der Waals surface area contributed by atoms with Crippen LogP contribution in [0.25, 0.3) is 22.3 Å². The molecule has 172 valence electrons. The minimum Gasteiger partial charge on any atom is -0.496 e. The van der Waals surface area contributed by atoms with Crippen molar-refractivity contribution in [3.05, 3.63) is 77.4 Å². The molecule has 0 saturated heterocycles. The minimum absolute atomic E-state index is 0.166. The van der Waals surface area contributed by atoms with Crippen molar-refractivity contribution in [3.63, 3.8) is 0 Å². The third kappa shape index (κ3) is 4.42. The summed E-state index contributed by atoms with van der Waals surface area (Å²) in [4.78, 5) is 12.0. The largest absolute Gasteiger partial charge is 0.496 e. The first-order chi connectivity index (χ1) is 15.7. The Morgan fingerprint density at radius 2 is 1.36 bits per heavy atom. The molecule has 1 aliphatic carbocycles. The second-order valence-electron chi connectivity index (χ2n) is 10.2. The van der Waals surface area contributed by atoms with Crippen LogP contribution in [0.4, 0.5) is 0 Å². The topological polar surface area (TPSA) is 35.5 Å². The van der Waals surface area contributed by atoms with E-state index in [0.717, 1.165) is 22.4 Å². The number of benzene rings is 3. The lowest BCUT2D eigenvalue weighted by Crippen LogP contribution is -2.33. The van der Waals surface area contributed by atoms with Gasteiger partial charge in [0.25, 0.3) is 0 Å². The van der Waals surface area contributed by atoms with Crippen LogP contribution < -0.4 is 4.74 Å². The van der Waals surface area contributed by atoms with Crippen molar-refractivity contribution in [2.24, 2.45) is 0 Å². The molecule has 33 heavy (non-hydrogen) atoms. The maximum absolute atomic E-state index is 12.0. The number of ether oxygens (including phenoxy) is 2. The monoisotopic (exact) mass is 442 g/mol. The average molecular weight is 443 g/mol. The van der Waals surface area contributed by atoms with Crippen molar-refractivity contribution in [2.45, 2.75) is 58.3 Å². The fourth-order valence-electron chi connectivity index (χ4n) is 4.88. The summed E-state index contributed by atoms with van der Waals surface area (Å²) in [5.41, 5.74) is 8.21. The second kappa shape index (κ2) is 8.70. The fraction of sp³-hybridized carbons (Fsp3) is 0.367. The highest BCUT2D eigenvalue weighted by Gasteiger charge is 2.37. The summed E-state index contributed by atoms with van der Waals surface area (Å²) in [6.07, 6.45) is 2.40. The Morgan fingerprint density at radius 1 is 0.788 bits per heavy atom. The van der Waals surface area contributed by atoms with E-state index in [1.807, 2.05) is 37.3 Å². The third-order valence-corrected chi connectivity index (χ3v) is 7.09. The van der Waals surface area contributed by atoms with Gasteiger partial charge in [-0.1, -0.05) is 64.1 Å². The van der Waals surface area contributed by atoms with Gasteiger partial charge in [-0.15, -0.1) is 0 Å². The Hall–Kier alpha value is -3.07. The van der Waals surface area contributed by atoms with Gasteiger partial charge in [0.2, 0.25) is 0 Å². The maximum Gasteiger partial charge on any atom is 0.338 e. The summed E-state index contributed by atoms with van der Waals surface area (Å²) >= 11 is 0. The van der Waals surface area contributed by atoms with E-state index in [4.69, 9.17) is 9.47 Å². The minimum atomic E-state index is -0.302. The van der Waals surface area contributed by atoms with Crippen molar-refractivity contribution < 1.29 is 14.3 Å². The van der Waals surface area contributed by atoms with Gasteiger partial charge in [-0.3, -0.25) is 0 Å². The molecule has 0 heterocycles.